The number of hydrogen-bond acceptors (Lipinski definition) is 7. The Morgan fingerprint density at radius 2 is 2.36 bits per heavy atom. The number of carbonyl (C=O) groups excluding carboxylic acids is 2. The van der Waals surface area contributed by atoms with Gasteiger partial charge in [-0.1, -0.05) is 0 Å². The number of aromatic amines is 1. The molecule has 0 spiro atoms. The molecule has 150 valence electrons. The summed E-state index contributed by atoms with van der Waals surface area (Å²) in [6, 6.07) is 0. The van der Waals surface area contributed by atoms with Crippen LogP contribution in [0.2, 0.25) is 0 Å². The molecule has 1 aliphatic carbocycles. The van der Waals surface area contributed by atoms with Crippen LogP contribution in [0, 0.1) is 17.8 Å². The fourth-order valence-corrected chi connectivity index (χ4v) is 4.25. The Kier molecular flexibility index (Phi) is 5.43. The third kappa shape index (κ3) is 3.94. The van der Waals surface area contributed by atoms with Crippen molar-refractivity contribution in [3.8, 4) is 0 Å². The van der Waals surface area contributed by atoms with Gasteiger partial charge in [0.25, 0.3) is 0 Å². The molecular weight excluding hydrogens is 362 g/mol. The van der Waals surface area contributed by atoms with Crippen molar-refractivity contribution < 1.29 is 18.7 Å². The topological polar surface area (TPSA) is 113 Å². The summed E-state index contributed by atoms with van der Waals surface area (Å²) >= 11 is 0. The number of ether oxygens (including phenoxy) is 1. The molecular formula is C19H25N5O4. The average Bonchev–Trinajstić information content (AvgIpc) is 3.35. The second-order valence-electron chi connectivity index (χ2n) is 7.53. The number of rotatable bonds is 7. The van der Waals surface area contributed by atoms with E-state index in [1.54, 1.807) is 12.5 Å². The van der Waals surface area contributed by atoms with E-state index in [9.17, 15) is 9.59 Å². The maximum absolute atomic E-state index is 12.5. The highest BCUT2D eigenvalue weighted by Gasteiger charge is 2.47. The predicted octanol–water partition coefficient (Wildman–Crippen LogP) is 1.00. The van der Waals surface area contributed by atoms with Crippen molar-refractivity contribution in [1.82, 2.24) is 25.2 Å². The van der Waals surface area contributed by atoms with E-state index >= 15 is 0 Å². The smallest absolute Gasteiger partial charge is 0.360 e. The summed E-state index contributed by atoms with van der Waals surface area (Å²) in [4.78, 5) is 37.5. The van der Waals surface area contributed by atoms with Gasteiger partial charge in [0.05, 0.1) is 20.0 Å². The van der Waals surface area contributed by atoms with Crippen LogP contribution in [-0.2, 0) is 22.5 Å². The van der Waals surface area contributed by atoms with Crippen molar-refractivity contribution >= 4 is 11.9 Å². The number of piperidine rings is 1. The number of fused-ring (bicyclic) bond motifs is 1. The lowest BCUT2D eigenvalue weighted by atomic mass is 9.61. The first-order chi connectivity index (χ1) is 13.6. The first kappa shape index (κ1) is 18.7. The molecule has 0 unspecified atom stereocenters. The molecule has 2 aromatic heterocycles. The van der Waals surface area contributed by atoms with Gasteiger partial charge in [-0.25, -0.2) is 14.8 Å². The van der Waals surface area contributed by atoms with Crippen LogP contribution in [0.4, 0.5) is 0 Å². The summed E-state index contributed by atoms with van der Waals surface area (Å²) in [6.45, 7) is 2.95. The fourth-order valence-electron chi connectivity index (χ4n) is 4.25. The van der Waals surface area contributed by atoms with Crippen LogP contribution < -0.4 is 5.32 Å². The molecule has 2 N–H and O–H groups in total. The zero-order valence-corrected chi connectivity index (χ0v) is 15.9. The van der Waals surface area contributed by atoms with E-state index in [1.165, 1.54) is 13.4 Å². The molecule has 9 heteroatoms. The van der Waals surface area contributed by atoms with Gasteiger partial charge >= 0.3 is 5.97 Å². The number of imidazole rings is 1. The Bertz CT molecular complexity index is 818. The van der Waals surface area contributed by atoms with Crippen LogP contribution in [0.15, 0.2) is 23.2 Å². The van der Waals surface area contributed by atoms with Crippen LogP contribution in [0.5, 0.6) is 0 Å². The zero-order valence-electron chi connectivity index (χ0n) is 15.9. The van der Waals surface area contributed by atoms with Crippen LogP contribution >= 0.6 is 0 Å². The van der Waals surface area contributed by atoms with Gasteiger partial charge in [-0.3, -0.25) is 9.69 Å². The summed E-state index contributed by atoms with van der Waals surface area (Å²) in [5.41, 5.74) is 1.21. The van der Waals surface area contributed by atoms with Gasteiger partial charge < -0.3 is 19.5 Å². The molecule has 1 saturated heterocycles. The number of hydrogen-bond donors (Lipinski definition) is 2. The molecule has 0 bridgehead atoms. The molecule has 1 saturated carbocycles. The average molecular weight is 387 g/mol. The van der Waals surface area contributed by atoms with E-state index < -0.39 is 5.97 Å². The van der Waals surface area contributed by atoms with Crippen molar-refractivity contribution in [1.29, 1.82) is 0 Å². The molecule has 28 heavy (non-hydrogen) atoms. The molecule has 1 amide bonds. The normalized spacial score (nSPS) is 24.2. The summed E-state index contributed by atoms with van der Waals surface area (Å²) in [6.07, 6.45) is 7.55. The summed E-state index contributed by atoms with van der Waals surface area (Å²) < 4.78 is 10.0. The first-order valence-corrected chi connectivity index (χ1v) is 9.64. The number of amides is 1. The lowest BCUT2D eigenvalue weighted by molar-refractivity contribution is -0.137. The van der Waals surface area contributed by atoms with Gasteiger partial charge in [0, 0.05) is 37.3 Å². The van der Waals surface area contributed by atoms with Gasteiger partial charge in [-0.05, 0) is 31.2 Å². The first-order valence-electron chi connectivity index (χ1n) is 9.64. The van der Waals surface area contributed by atoms with Crippen LogP contribution in [0.25, 0.3) is 0 Å². The zero-order chi connectivity index (χ0) is 19.5. The molecule has 2 aromatic rings. The molecule has 0 radical (unpaired) electrons. The SMILES string of the molecule is COC(=O)c1coc(CN2CC[C@@H]3C[C@@H](C(=O)NCCc4cnc[nH]4)[C@@H]3C2)n1. The Hall–Kier alpha value is -2.68. The molecule has 0 aromatic carbocycles. The maximum atomic E-state index is 12.5. The van der Waals surface area contributed by atoms with Crippen molar-refractivity contribution in [2.45, 2.75) is 25.8 Å². The highest BCUT2D eigenvalue weighted by atomic mass is 16.5. The summed E-state index contributed by atoms with van der Waals surface area (Å²) in [5, 5.41) is 3.06. The lowest BCUT2D eigenvalue weighted by Crippen LogP contribution is -2.54. The summed E-state index contributed by atoms with van der Waals surface area (Å²) in [7, 11) is 1.32. The molecule has 1 aliphatic heterocycles. The minimum Gasteiger partial charge on any atom is -0.464 e. The molecule has 2 aliphatic rings. The number of likely N-dealkylation sites (tertiary alicyclic amines) is 1. The number of nitrogens with one attached hydrogen (secondary N) is 2. The van der Waals surface area contributed by atoms with E-state index in [1.807, 2.05) is 0 Å². The Morgan fingerprint density at radius 3 is 3.14 bits per heavy atom. The Balaban J connectivity index is 1.26. The highest BCUT2D eigenvalue weighted by Crippen LogP contribution is 2.45. The number of aromatic nitrogens is 3. The molecule has 3 atom stereocenters. The monoisotopic (exact) mass is 387 g/mol. The van der Waals surface area contributed by atoms with Crippen LogP contribution in [-0.4, -0.2) is 58.5 Å². The van der Waals surface area contributed by atoms with Gasteiger partial charge in [-0.2, -0.15) is 0 Å². The maximum Gasteiger partial charge on any atom is 0.360 e. The van der Waals surface area contributed by atoms with E-state index in [2.05, 4.69) is 29.9 Å². The highest BCUT2D eigenvalue weighted by molar-refractivity contribution is 5.86. The number of oxazole rings is 1. The number of carbonyl (C=O) groups is 2. The predicted molar refractivity (Wildman–Crippen MR) is 98.1 cm³/mol. The number of methoxy groups -OCH3 is 1. The van der Waals surface area contributed by atoms with E-state index in [4.69, 9.17) is 4.42 Å². The van der Waals surface area contributed by atoms with E-state index in [0.29, 0.717) is 30.8 Å². The molecule has 3 heterocycles. The van der Waals surface area contributed by atoms with Gasteiger partial charge in [-0.15, -0.1) is 0 Å². The summed E-state index contributed by atoms with van der Waals surface area (Å²) in [5.74, 6) is 1.21. The van der Waals surface area contributed by atoms with Crippen LogP contribution in [0.1, 0.15) is 34.9 Å². The van der Waals surface area contributed by atoms with Crippen molar-refractivity contribution in [3.63, 3.8) is 0 Å². The minimum atomic E-state index is -0.500. The number of nitrogens with zero attached hydrogens (tertiary/aromatic N) is 3. The standard InChI is InChI=1S/C19H25N5O4/c1-27-19(26)16-10-28-17(23-16)9-24-5-3-12-6-14(15(12)8-24)18(25)21-4-2-13-7-20-11-22-13/h7,10-12,14-15H,2-6,8-9H2,1H3,(H,20,22)(H,21,25)/t12-,14-,15-/m1/s1. The van der Waals surface area contributed by atoms with Crippen molar-refractivity contribution in [2.24, 2.45) is 17.8 Å². The van der Waals surface area contributed by atoms with E-state index in [0.717, 1.165) is 38.0 Å². The second kappa shape index (κ2) is 8.14. The van der Waals surface area contributed by atoms with Gasteiger partial charge in [0.2, 0.25) is 11.8 Å². The minimum absolute atomic E-state index is 0.0738. The second-order valence-corrected chi connectivity index (χ2v) is 7.53. The van der Waals surface area contributed by atoms with Gasteiger partial charge in [0.1, 0.15) is 6.26 Å². The number of H-pyrrole nitrogens is 1. The third-order valence-corrected chi connectivity index (χ3v) is 5.85. The number of esters is 1. The lowest BCUT2D eigenvalue weighted by Gasteiger charge is -2.50. The largest absolute Gasteiger partial charge is 0.464 e. The molecule has 2 fully saturated rings. The van der Waals surface area contributed by atoms with Gasteiger partial charge in [0.15, 0.2) is 5.69 Å². The molecule has 4 rings (SSSR count). The van der Waals surface area contributed by atoms with Crippen molar-refractivity contribution in [2.75, 3.05) is 26.7 Å². The molecule has 9 nitrogen and oxygen atoms in total. The van der Waals surface area contributed by atoms with Crippen LogP contribution in [0.3, 0.4) is 0 Å². The van der Waals surface area contributed by atoms with E-state index in [-0.39, 0.29) is 17.5 Å². The Labute approximate surface area is 162 Å². The van der Waals surface area contributed by atoms with Crippen molar-refractivity contribution in [3.05, 3.63) is 36.1 Å². The quantitative estimate of drug-likeness (QED) is 0.682. The Morgan fingerprint density at radius 1 is 1.46 bits per heavy atom. The third-order valence-electron chi connectivity index (χ3n) is 5.85. The fraction of sp³-hybridized carbons (Fsp3) is 0.579.